The van der Waals surface area contributed by atoms with E-state index in [1.54, 1.807) is 19.3 Å². The maximum atomic E-state index is 13.3. The van der Waals surface area contributed by atoms with Gasteiger partial charge in [0.15, 0.2) is 11.5 Å². The molecule has 0 saturated heterocycles. The molecule has 2 amide bonds. The number of ether oxygens (including phenoxy) is 3. The zero-order valence-corrected chi connectivity index (χ0v) is 21.5. The van der Waals surface area contributed by atoms with Gasteiger partial charge in [0.25, 0.3) is 0 Å². The van der Waals surface area contributed by atoms with Crippen LogP contribution < -0.4 is 19.5 Å². The Kier molecular flexibility index (Phi) is 8.33. The Bertz CT molecular complexity index is 1240. The summed E-state index contributed by atoms with van der Waals surface area (Å²) in [5, 5.41) is 23.4. The number of hydrogen-bond donors (Lipinski definition) is 3. The molecule has 0 fully saturated rings. The predicted molar refractivity (Wildman–Crippen MR) is 138 cm³/mol. The number of nitrogens with zero attached hydrogens (tertiary/aromatic N) is 1. The first kappa shape index (κ1) is 27.2. The van der Waals surface area contributed by atoms with Crippen molar-refractivity contribution in [3.05, 3.63) is 64.7 Å². The van der Waals surface area contributed by atoms with Gasteiger partial charge in [-0.15, -0.1) is 0 Å². The Morgan fingerprint density at radius 2 is 1.89 bits per heavy atom. The molecule has 0 radical (unpaired) electrons. The highest BCUT2D eigenvalue weighted by molar-refractivity contribution is 5.96. The highest BCUT2D eigenvalue weighted by Crippen LogP contribution is 2.51. The van der Waals surface area contributed by atoms with E-state index in [4.69, 9.17) is 14.2 Å². The minimum absolute atomic E-state index is 0.0242. The van der Waals surface area contributed by atoms with Crippen molar-refractivity contribution in [3.8, 4) is 17.2 Å². The summed E-state index contributed by atoms with van der Waals surface area (Å²) in [6.45, 7) is 1.43. The van der Waals surface area contributed by atoms with Crippen LogP contribution in [0.2, 0.25) is 0 Å². The number of para-hydroxylation sites is 1. The molecule has 0 bridgehead atoms. The van der Waals surface area contributed by atoms with Crippen LogP contribution in [0.25, 0.3) is 0 Å². The van der Waals surface area contributed by atoms with Crippen LogP contribution in [0.5, 0.6) is 17.2 Å². The highest BCUT2D eigenvalue weighted by Gasteiger charge is 2.51. The second kappa shape index (κ2) is 11.7. The van der Waals surface area contributed by atoms with Crippen LogP contribution in [-0.4, -0.2) is 85.4 Å². The van der Waals surface area contributed by atoms with Crippen LogP contribution in [0.4, 0.5) is 0 Å². The molecular weight excluding hydrogens is 492 g/mol. The summed E-state index contributed by atoms with van der Waals surface area (Å²) >= 11 is 0. The molecule has 4 rings (SSSR count). The summed E-state index contributed by atoms with van der Waals surface area (Å²) in [7, 11) is 3.01. The number of amides is 2. The normalized spacial score (nSPS) is 21.3. The van der Waals surface area contributed by atoms with Gasteiger partial charge in [-0.3, -0.25) is 14.4 Å². The Morgan fingerprint density at radius 3 is 2.55 bits per heavy atom. The number of methoxy groups -OCH3 is 2. The summed E-state index contributed by atoms with van der Waals surface area (Å²) in [6.07, 6.45) is 0.605. The van der Waals surface area contributed by atoms with E-state index in [0.717, 1.165) is 5.56 Å². The molecule has 1 heterocycles. The number of carbonyl (C=O) groups is 3. The molecule has 4 atom stereocenters. The van der Waals surface area contributed by atoms with Crippen LogP contribution in [0.1, 0.15) is 34.3 Å². The number of hydrogen-bond acceptors (Lipinski definition) is 8. The third-order valence-corrected chi connectivity index (χ3v) is 6.99. The minimum atomic E-state index is -1.19. The van der Waals surface area contributed by atoms with E-state index in [2.05, 4.69) is 5.32 Å². The van der Waals surface area contributed by atoms with E-state index in [0.29, 0.717) is 41.1 Å². The topological polar surface area (TPSA) is 135 Å². The zero-order valence-electron chi connectivity index (χ0n) is 21.5. The molecule has 202 valence electrons. The number of nitrogens with one attached hydrogen (secondary N) is 1. The lowest BCUT2D eigenvalue weighted by molar-refractivity contribution is -0.134. The lowest BCUT2D eigenvalue weighted by atomic mass is 9.77. The Hall–Kier alpha value is -3.89. The molecule has 2 aromatic rings. The summed E-state index contributed by atoms with van der Waals surface area (Å²) in [6, 6.07) is 9.74. The Morgan fingerprint density at radius 1 is 1.16 bits per heavy atom. The molecule has 0 aromatic heterocycles. The van der Waals surface area contributed by atoms with Crippen molar-refractivity contribution in [1.82, 2.24) is 10.2 Å². The molecule has 0 unspecified atom stereocenters. The quantitative estimate of drug-likeness (QED) is 0.395. The molecule has 0 saturated carbocycles. The molecular formula is C28H32N2O8. The third kappa shape index (κ3) is 5.09. The van der Waals surface area contributed by atoms with Gasteiger partial charge >= 0.3 is 0 Å². The van der Waals surface area contributed by atoms with Crippen molar-refractivity contribution < 1.29 is 38.8 Å². The molecule has 2 aliphatic rings. The average Bonchev–Trinajstić information content (AvgIpc) is 3.32. The van der Waals surface area contributed by atoms with Crippen LogP contribution in [0, 0.1) is 0 Å². The molecule has 38 heavy (non-hydrogen) atoms. The SMILES string of the molecule is COc1ccccc1CCN(C(C)=O)[C@@H]1C=C(C(=O)NCCO)[C@@H]2c3cc(C=O)cc(OC)c3O[C@@H]2[C@H]1O. The van der Waals surface area contributed by atoms with Gasteiger partial charge in [-0.1, -0.05) is 18.2 Å². The highest BCUT2D eigenvalue weighted by atomic mass is 16.5. The van der Waals surface area contributed by atoms with Gasteiger partial charge in [-0.25, -0.2) is 0 Å². The summed E-state index contributed by atoms with van der Waals surface area (Å²) in [4.78, 5) is 39.2. The van der Waals surface area contributed by atoms with Crippen molar-refractivity contribution in [3.63, 3.8) is 0 Å². The lowest BCUT2D eigenvalue weighted by Gasteiger charge is -2.40. The lowest BCUT2D eigenvalue weighted by Crippen LogP contribution is -2.55. The molecule has 10 heteroatoms. The second-order valence-corrected chi connectivity index (χ2v) is 9.18. The van der Waals surface area contributed by atoms with Crippen molar-refractivity contribution in [2.24, 2.45) is 0 Å². The van der Waals surface area contributed by atoms with Gasteiger partial charge in [0.05, 0.1) is 32.8 Å². The number of aliphatic hydroxyl groups is 2. The molecule has 0 spiro atoms. The van der Waals surface area contributed by atoms with Crippen LogP contribution in [0.3, 0.4) is 0 Å². The fourth-order valence-corrected chi connectivity index (χ4v) is 5.23. The molecule has 1 aliphatic heterocycles. The average molecular weight is 525 g/mol. The fourth-order valence-electron chi connectivity index (χ4n) is 5.23. The van der Waals surface area contributed by atoms with E-state index in [1.807, 2.05) is 24.3 Å². The number of aliphatic hydroxyl groups excluding tert-OH is 2. The second-order valence-electron chi connectivity index (χ2n) is 9.18. The largest absolute Gasteiger partial charge is 0.496 e. The van der Waals surface area contributed by atoms with Gasteiger partial charge in [0, 0.05) is 36.7 Å². The van der Waals surface area contributed by atoms with E-state index in [1.165, 1.54) is 25.0 Å². The van der Waals surface area contributed by atoms with E-state index in [9.17, 15) is 24.6 Å². The zero-order chi connectivity index (χ0) is 27.4. The maximum absolute atomic E-state index is 13.3. The monoisotopic (exact) mass is 524 g/mol. The first-order chi connectivity index (χ1) is 18.3. The van der Waals surface area contributed by atoms with Crippen molar-refractivity contribution in [1.29, 1.82) is 0 Å². The number of rotatable bonds is 10. The van der Waals surface area contributed by atoms with E-state index >= 15 is 0 Å². The van der Waals surface area contributed by atoms with Crippen molar-refractivity contribution in [2.75, 3.05) is 33.9 Å². The number of carbonyl (C=O) groups excluding carboxylic acids is 3. The fraction of sp³-hybridized carbons (Fsp3) is 0.393. The first-order valence-electron chi connectivity index (χ1n) is 12.4. The number of benzene rings is 2. The van der Waals surface area contributed by atoms with E-state index < -0.39 is 30.1 Å². The van der Waals surface area contributed by atoms with Crippen LogP contribution >= 0.6 is 0 Å². The number of fused-ring (bicyclic) bond motifs is 3. The van der Waals surface area contributed by atoms with Gasteiger partial charge in [-0.05, 0) is 36.3 Å². The minimum Gasteiger partial charge on any atom is -0.496 e. The molecule has 3 N–H and O–H groups in total. The van der Waals surface area contributed by atoms with E-state index in [-0.39, 0.29) is 31.2 Å². The molecule has 1 aliphatic carbocycles. The molecule has 10 nitrogen and oxygen atoms in total. The Balaban J connectivity index is 1.74. The third-order valence-electron chi connectivity index (χ3n) is 6.99. The standard InChI is InChI=1S/C28H32N2O8/c1-16(33)30(10-8-18-6-4-5-7-22(18)36-2)21-14-20(28(35)29-9-11-31)24-19-12-17(15-32)13-23(37-3)26(19)38-27(24)25(21)34/h4-7,12-15,21,24-25,27,31,34H,8-11H2,1-3H3,(H,29,35)/t21-,24+,25+,27+/m1/s1. The summed E-state index contributed by atoms with van der Waals surface area (Å²) in [5.41, 5.74) is 2.03. The first-order valence-corrected chi connectivity index (χ1v) is 12.4. The summed E-state index contributed by atoms with van der Waals surface area (Å²) < 4.78 is 17.0. The van der Waals surface area contributed by atoms with Crippen LogP contribution in [-0.2, 0) is 16.0 Å². The van der Waals surface area contributed by atoms with Gasteiger partial charge in [0.2, 0.25) is 11.8 Å². The summed E-state index contributed by atoms with van der Waals surface area (Å²) in [5.74, 6) is -0.148. The smallest absolute Gasteiger partial charge is 0.247 e. The van der Waals surface area contributed by atoms with Crippen molar-refractivity contribution >= 4 is 18.1 Å². The number of aldehydes is 1. The predicted octanol–water partition coefficient (Wildman–Crippen LogP) is 1.23. The van der Waals surface area contributed by atoms with Gasteiger partial charge in [0.1, 0.15) is 24.2 Å². The van der Waals surface area contributed by atoms with Gasteiger partial charge in [-0.2, -0.15) is 0 Å². The van der Waals surface area contributed by atoms with Gasteiger partial charge < -0.3 is 34.6 Å². The van der Waals surface area contributed by atoms with Crippen molar-refractivity contribution in [2.45, 2.75) is 37.5 Å². The molecule has 2 aromatic carbocycles. The maximum Gasteiger partial charge on any atom is 0.247 e. The Labute approximate surface area is 220 Å². The van der Waals surface area contributed by atoms with Crippen LogP contribution in [0.15, 0.2) is 48.0 Å².